The Morgan fingerprint density at radius 3 is 3.00 bits per heavy atom. The summed E-state index contributed by atoms with van der Waals surface area (Å²) in [6, 6.07) is -0.242. The molecule has 2 fully saturated rings. The third-order valence-corrected chi connectivity index (χ3v) is 4.33. The number of rotatable bonds is 5. The Bertz CT molecular complexity index is 316. The van der Waals surface area contributed by atoms with Crippen molar-refractivity contribution in [3.63, 3.8) is 0 Å². The molecule has 3 amide bonds. The van der Waals surface area contributed by atoms with Gasteiger partial charge >= 0.3 is 6.03 Å². The van der Waals surface area contributed by atoms with Gasteiger partial charge < -0.3 is 10.1 Å². The Morgan fingerprint density at radius 1 is 1.53 bits per heavy atom. The molecule has 0 aromatic carbocycles. The van der Waals surface area contributed by atoms with Gasteiger partial charge in [0.2, 0.25) is 0 Å². The molecular formula is C11H18N2O3S. The van der Waals surface area contributed by atoms with Gasteiger partial charge in [-0.15, -0.1) is 0 Å². The molecular weight excluding hydrogens is 240 g/mol. The first-order valence-electron chi connectivity index (χ1n) is 5.99. The number of imide groups is 1. The molecule has 0 aromatic heterocycles. The average molecular weight is 258 g/mol. The second kappa shape index (κ2) is 5.27. The monoisotopic (exact) mass is 258 g/mol. The standard InChI is InChI=1S/C11H18N2O3S/c1-2-16-6-3-5-13-9(14)11(12-10(13)15)4-7-17-8-11/h2-8H2,1H3,(H,12,15). The second-order valence-electron chi connectivity index (χ2n) is 4.32. The van der Waals surface area contributed by atoms with E-state index < -0.39 is 5.54 Å². The van der Waals surface area contributed by atoms with Crippen LogP contribution < -0.4 is 5.32 Å². The number of carbonyl (C=O) groups is 2. The van der Waals surface area contributed by atoms with Gasteiger partial charge in [0, 0.05) is 25.5 Å². The Balaban J connectivity index is 1.90. The first-order valence-corrected chi connectivity index (χ1v) is 7.15. The summed E-state index contributed by atoms with van der Waals surface area (Å²) in [5.41, 5.74) is -0.604. The molecule has 1 spiro atoms. The predicted molar refractivity (Wildman–Crippen MR) is 66.0 cm³/mol. The number of hydrogen-bond donors (Lipinski definition) is 1. The van der Waals surface area contributed by atoms with E-state index in [1.807, 2.05) is 6.92 Å². The second-order valence-corrected chi connectivity index (χ2v) is 5.43. The molecule has 2 rings (SSSR count). The van der Waals surface area contributed by atoms with Crippen LogP contribution in [0.15, 0.2) is 0 Å². The van der Waals surface area contributed by atoms with Gasteiger partial charge in [-0.1, -0.05) is 0 Å². The summed E-state index contributed by atoms with van der Waals surface area (Å²) in [4.78, 5) is 25.3. The SMILES string of the molecule is CCOCCCN1C(=O)NC2(CCSC2)C1=O. The van der Waals surface area contributed by atoms with Crippen LogP contribution in [0.2, 0.25) is 0 Å². The van der Waals surface area contributed by atoms with E-state index in [4.69, 9.17) is 4.74 Å². The van der Waals surface area contributed by atoms with Crippen LogP contribution in [0, 0.1) is 0 Å². The molecule has 5 nitrogen and oxygen atoms in total. The van der Waals surface area contributed by atoms with E-state index in [1.54, 1.807) is 11.8 Å². The van der Waals surface area contributed by atoms with Crippen LogP contribution in [0.4, 0.5) is 4.79 Å². The molecule has 2 aliphatic rings. The third kappa shape index (κ3) is 2.42. The normalized spacial score (nSPS) is 28.2. The van der Waals surface area contributed by atoms with Crippen LogP contribution in [0.5, 0.6) is 0 Å². The van der Waals surface area contributed by atoms with E-state index in [9.17, 15) is 9.59 Å². The highest BCUT2D eigenvalue weighted by atomic mass is 32.2. The number of thioether (sulfide) groups is 1. The Morgan fingerprint density at radius 2 is 2.35 bits per heavy atom. The largest absolute Gasteiger partial charge is 0.382 e. The maximum absolute atomic E-state index is 12.2. The van der Waals surface area contributed by atoms with E-state index in [0.29, 0.717) is 31.9 Å². The minimum absolute atomic E-state index is 0.0519. The van der Waals surface area contributed by atoms with Gasteiger partial charge in [0.25, 0.3) is 5.91 Å². The van der Waals surface area contributed by atoms with E-state index >= 15 is 0 Å². The minimum atomic E-state index is -0.604. The van der Waals surface area contributed by atoms with E-state index in [-0.39, 0.29) is 11.9 Å². The molecule has 0 bridgehead atoms. The van der Waals surface area contributed by atoms with Crippen molar-refractivity contribution in [1.29, 1.82) is 0 Å². The Hall–Kier alpha value is -0.750. The van der Waals surface area contributed by atoms with Gasteiger partial charge in [-0.05, 0) is 25.5 Å². The molecule has 96 valence electrons. The highest BCUT2D eigenvalue weighted by molar-refractivity contribution is 7.99. The minimum Gasteiger partial charge on any atom is -0.382 e. The van der Waals surface area contributed by atoms with Crippen molar-refractivity contribution in [2.24, 2.45) is 0 Å². The zero-order valence-corrected chi connectivity index (χ0v) is 10.8. The van der Waals surface area contributed by atoms with Crippen LogP contribution in [-0.4, -0.2) is 53.6 Å². The van der Waals surface area contributed by atoms with Crippen molar-refractivity contribution in [3.8, 4) is 0 Å². The molecule has 1 unspecified atom stereocenters. The number of hydrogen-bond acceptors (Lipinski definition) is 4. The van der Waals surface area contributed by atoms with Crippen molar-refractivity contribution in [3.05, 3.63) is 0 Å². The molecule has 2 saturated heterocycles. The summed E-state index contributed by atoms with van der Waals surface area (Å²) in [7, 11) is 0. The predicted octanol–water partition coefficient (Wildman–Crippen LogP) is 0.841. The van der Waals surface area contributed by atoms with Gasteiger partial charge in [-0.3, -0.25) is 9.69 Å². The fraction of sp³-hybridized carbons (Fsp3) is 0.818. The molecule has 2 aliphatic heterocycles. The first kappa shape index (κ1) is 12.7. The van der Waals surface area contributed by atoms with Crippen molar-refractivity contribution >= 4 is 23.7 Å². The summed E-state index contributed by atoms with van der Waals surface area (Å²) in [6.45, 7) is 3.64. The van der Waals surface area contributed by atoms with E-state index in [2.05, 4.69) is 5.32 Å². The van der Waals surface area contributed by atoms with Gasteiger partial charge in [0.1, 0.15) is 5.54 Å². The van der Waals surface area contributed by atoms with Crippen molar-refractivity contribution in [2.45, 2.75) is 25.3 Å². The van der Waals surface area contributed by atoms with Gasteiger partial charge in [-0.2, -0.15) is 11.8 Å². The quantitative estimate of drug-likeness (QED) is 0.586. The smallest absolute Gasteiger partial charge is 0.325 e. The molecule has 6 heteroatoms. The molecule has 0 saturated carbocycles. The molecule has 0 aromatic rings. The van der Waals surface area contributed by atoms with Gasteiger partial charge in [-0.25, -0.2) is 4.79 Å². The summed E-state index contributed by atoms with van der Waals surface area (Å²) < 4.78 is 5.21. The van der Waals surface area contributed by atoms with Gasteiger partial charge in [0.15, 0.2) is 0 Å². The first-order chi connectivity index (χ1) is 8.19. The maximum atomic E-state index is 12.2. The lowest BCUT2D eigenvalue weighted by molar-refractivity contribution is -0.130. The van der Waals surface area contributed by atoms with Crippen LogP contribution >= 0.6 is 11.8 Å². The lowest BCUT2D eigenvalue weighted by atomic mass is 9.99. The van der Waals surface area contributed by atoms with Crippen LogP contribution in [-0.2, 0) is 9.53 Å². The third-order valence-electron chi connectivity index (χ3n) is 3.14. The summed E-state index contributed by atoms with van der Waals surface area (Å²) in [5.74, 6) is 1.60. The van der Waals surface area contributed by atoms with Crippen molar-refractivity contribution in [2.75, 3.05) is 31.3 Å². The fourth-order valence-electron chi connectivity index (χ4n) is 2.18. The van der Waals surface area contributed by atoms with Crippen LogP contribution in [0.1, 0.15) is 19.8 Å². The zero-order chi connectivity index (χ0) is 12.3. The zero-order valence-electron chi connectivity index (χ0n) is 10.0. The number of nitrogens with one attached hydrogen (secondary N) is 1. The van der Waals surface area contributed by atoms with E-state index in [0.717, 1.165) is 12.2 Å². The Kier molecular flexibility index (Phi) is 3.93. The number of nitrogens with zero attached hydrogens (tertiary/aromatic N) is 1. The summed E-state index contributed by atoms with van der Waals surface area (Å²) in [6.07, 6.45) is 1.46. The highest BCUT2D eigenvalue weighted by Crippen LogP contribution is 2.33. The molecule has 17 heavy (non-hydrogen) atoms. The molecule has 2 heterocycles. The highest BCUT2D eigenvalue weighted by Gasteiger charge is 2.52. The van der Waals surface area contributed by atoms with Gasteiger partial charge in [0.05, 0.1) is 0 Å². The van der Waals surface area contributed by atoms with Crippen molar-refractivity contribution in [1.82, 2.24) is 10.2 Å². The molecule has 1 atom stereocenters. The number of ether oxygens (including phenoxy) is 1. The topological polar surface area (TPSA) is 58.6 Å². The fourth-order valence-corrected chi connectivity index (χ4v) is 3.51. The average Bonchev–Trinajstić information content (AvgIpc) is 2.85. The van der Waals surface area contributed by atoms with Crippen molar-refractivity contribution < 1.29 is 14.3 Å². The van der Waals surface area contributed by atoms with Crippen LogP contribution in [0.3, 0.4) is 0 Å². The number of amides is 3. The van der Waals surface area contributed by atoms with Crippen LogP contribution in [0.25, 0.3) is 0 Å². The summed E-state index contributed by atoms with van der Waals surface area (Å²) in [5, 5.41) is 2.85. The molecule has 0 radical (unpaired) electrons. The Labute approximate surface area is 105 Å². The van der Waals surface area contributed by atoms with E-state index in [1.165, 1.54) is 4.90 Å². The number of carbonyl (C=O) groups excluding carboxylic acids is 2. The lowest BCUT2D eigenvalue weighted by Gasteiger charge is -2.19. The number of urea groups is 1. The lowest BCUT2D eigenvalue weighted by Crippen LogP contribution is -2.47. The maximum Gasteiger partial charge on any atom is 0.325 e. The molecule has 0 aliphatic carbocycles. The summed E-state index contributed by atoms with van der Waals surface area (Å²) >= 11 is 1.72. The molecule has 1 N–H and O–H groups in total.